The van der Waals surface area contributed by atoms with Crippen LogP contribution in [0.1, 0.15) is 40.7 Å². The molecular formula is C22H26N4O3. The van der Waals surface area contributed by atoms with Crippen LogP contribution in [0.2, 0.25) is 0 Å². The molecule has 0 spiro atoms. The highest BCUT2D eigenvalue weighted by atomic mass is 16.7. The van der Waals surface area contributed by atoms with E-state index < -0.39 is 0 Å². The number of nitrogens with zero attached hydrogens (tertiary/aromatic N) is 4. The topological polar surface area (TPSA) is 67.8 Å². The first-order valence-electron chi connectivity index (χ1n) is 10.3. The van der Waals surface area contributed by atoms with Crippen LogP contribution in [0, 0.1) is 12.8 Å². The number of anilines is 1. The molecule has 0 saturated carbocycles. The molecule has 2 aromatic rings. The fraction of sp³-hybridized carbons (Fsp3) is 0.500. The number of ketones is 1. The Morgan fingerprint density at radius 3 is 2.69 bits per heavy atom. The number of aryl methyl sites for hydroxylation is 1. The minimum absolute atomic E-state index is 0.191. The van der Waals surface area contributed by atoms with E-state index in [1.807, 2.05) is 13.0 Å². The molecule has 5 rings (SSSR count). The van der Waals surface area contributed by atoms with Gasteiger partial charge in [0, 0.05) is 39.1 Å². The number of carbonyl (C=O) groups is 1. The monoisotopic (exact) mass is 394 g/mol. The zero-order valence-corrected chi connectivity index (χ0v) is 17.0. The van der Waals surface area contributed by atoms with Gasteiger partial charge in [0.2, 0.25) is 12.7 Å². The van der Waals surface area contributed by atoms with Gasteiger partial charge in [0.05, 0.1) is 17.0 Å². The van der Waals surface area contributed by atoms with Crippen molar-refractivity contribution in [2.75, 3.05) is 37.9 Å². The molecule has 1 aliphatic carbocycles. The number of hydrogen-bond donors (Lipinski definition) is 0. The summed E-state index contributed by atoms with van der Waals surface area (Å²) in [6.45, 7) is 8.91. The van der Waals surface area contributed by atoms with Gasteiger partial charge in [0.25, 0.3) is 0 Å². The van der Waals surface area contributed by atoms with E-state index in [2.05, 4.69) is 33.8 Å². The summed E-state index contributed by atoms with van der Waals surface area (Å²) in [6.07, 6.45) is 1.47. The molecule has 0 N–H and O–H groups in total. The predicted molar refractivity (Wildman–Crippen MR) is 109 cm³/mol. The van der Waals surface area contributed by atoms with E-state index in [0.29, 0.717) is 19.1 Å². The standard InChI is InChI=1S/C22H26N4O3/c1-14-9-17-21(18(27)10-14)15(2)23-22(24-17)26-7-5-25(6-8-26)12-16-3-4-19-20(11-16)29-13-28-19/h3-4,11,14H,5-10,12-13H2,1-2H3/t14-/m1/s1. The fourth-order valence-electron chi connectivity index (χ4n) is 4.49. The van der Waals surface area contributed by atoms with E-state index in [-0.39, 0.29) is 5.78 Å². The SMILES string of the molecule is Cc1nc(N2CCN(Cc3ccc4c(c3)OCO4)CC2)nc2c1C(=O)C[C@H](C)C2. The summed E-state index contributed by atoms with van der Waals surface area (Å²) in [5, 5.41) is 0. The summed E-state index contributed by atoms with van der Waals surface area (Å²) in [5.41, 5.74) is 3.74. The first-order valence-corrected chi connectivity index (χ1v) is 10.3. The Labute approximate surface area is 170 Å². The third-order valence-electron chi connectivity index (χ3n) is 6.01. The number of ether oxygens (including phenoxy) is 2. The van der Waals surface area contributed by atoms with Gasteiger partial charge in [-0.3, -0.25) is 9.69 Å². The smallest absolute Gasteiger partial charge is 0.231 e. The number of carbonyl (C=O) groups excluding carboxylic acids is 1. The molecule has 1 aromatic heterocycles. The molecule has 3 heterocycles. The summed E-state index contributed by atoms with van der Waals surface area (Å²) in [7, 11) is 0. The van der Waals surface area contributed by atoms with Crippen molar-refractivity contribution >= 4 is 11.7 Å². The molecule has 0 bridgehead atoms. The Hall–Kier alpha value is -2.67. The second-order valence-corrected chi connectivity index (χ2v) is 8.32. The molecule has 1 fully saturated rings. The Kier molecular flexibility index (Phi) is 4.62. The van der Waals surface area contributed by atoms with Crippen LogP contribution in [-0.2, 0) is 13.0 Å². The van der Waals surface area contributed by atoms with Gasteiger partial charge >= 0.3 is 0 Å². The van der Waals surface area contributed by atoms with Gasteiger partial charge in [-0.15, -0.1) is 0 Å². The van der Waals surface area contributed by atoms with E-state index >= 15 is 0 Å². The average molecular weight is 394 g/mol. The lowest BCUT2D eigenvalue weighted by Gasteiger charge is -2.35. The highest BCUT2D eigenvalue weighted by Gasteiger charge is 2.28. The number of hydrogen-bond acceptors (Lipinski definition) is 7. The van der Waals surface area contributed by atoms with Crippen LogP contribution in [0.15, 0.2) is 18.2 Å². The Morgan fingerprint density at radius 1 is 1.07 bits per heavy atom. The van der Waals surface area contributed by atoms with Crippen LogP contribution in [0.25, 0.3) is 0 Å². The average Bonchev–Trinajstić information content (AvgIpc) is 3.15. The van der Waals surface area contributed by atoms with E-state index in [9.17, 15) is 4.79 Å². The fourth-order valence-corrected chi connectivity index (χ4v) is 4.49. The number of fused-ring (bicyclic) bond motifs is 2. The second kappa shape index (κ2) is 7.30. The number of Topliss-reactive ketones (excluding diaryl/α,β-unsaturated/α-hetero) is 1. The molecule has 29 heavy (non-hydrogen) atoms. The Bertz CT molecular complexity index is 953. The molecule has 0 amide bonds. The van der Waals surface area contributed by atoms with E-state index in [1.54, 1.807) is 0 Å². The number of benzene rings is 1. The Morgan fingerprint density at radius 2 is 1.86 bits per heavy atom. The first-order chi connectivity index (χ1) is 14.1. The lowest BCUT2D eigenvalue weighted by atomic mass is 9.86. The number of rotatable bonds is 3. The van der Waals surface area contributed by atoms with E-state index in [0.717, 1.165) is 73.5 Å². The molecule has 0 unspecified atom stereocenters. The Balaban J connectivity index is 1.26. The number of piperazine rings is 1. The summed E-state index contributed by atoms with van der Waals surface area (Å²) >= 11 is 0. The molecular weight excluding hydrogens is 368 g/mol. The molecule has 152 valence electrons. The van der Waals surface area contributed by atoms with Crippen molar-refractivity contribution in [3.63, 3.8) is 0 Å². The van der Waals surface area contributed by atoms with Crippen LogP contribution in [0.5, 0.6) is 11.5 Å². The second-order valence-electron chi connectivity index (χ2n) is 8.32. The zero-order chi connectivity index (χ0) is 20.0. The third-order valence-corrected chi connectivity index (χ3v) is 6.01. The van der Waals surface area contributed by atoms with Crippen molar-refractivity contribution in [1.29, 1.82) is 0 Å². The normalized spacial score (nSPS) is 21.4. The van der Waals surface area contributed by atoms with Crippen LogP contribution < -0.4 is 14.4 Å². The van der Waals surface area contributed by atoms with Crippen molar-refractivity contribution in [2.24, 2.45) is 5.92 Å². The van der Waals surface area contributed by atoms with Gasteiger partial charge in [0.1, 0.15) is 0 Å². The van der Waals surface area contributed by atoms with Crippen LogP contribution >= 0.6 is 0 Å². The summed E-state index contributed by atoms with van der Waals surface area (Å²) in [6, 6.07) is 6.16. The number of aromatic nitrogens is 2. The molecule has 7 nitrogen and oxygen atoms in total. The van der Waals surface area contributed by atoms with Crippen LogP contribution in [0.4, 0.5) is 5.95 Å². The maximum atomic E-state index is 12.4. The van der Waals surface area contributed by atoms with Gasteiger partial charge < -0.3 is 14.4 Å². The van der Waals surface area contributed by atoms with Crippen LogP contribution in [-0.4, -0.2) is 53.6 Å². The van der Waals surface area contributed by atoms with Gasteiger partial charge in [-0.05, 0) is 37.0 Å². The molecule has 1 saturated heterocycles. The molecule has 1 atom stereocenters. The maximum absolute atomic E-state index is 12.4. The van der Waals surface area contributed by atoms with Crippen molar-refractivity contribution in [1.82, 2.24) is 14.9 Å². The predicted octanol–water partition coefficient (Wildman–Crippen LogP) is 2.60. The molecule has 3 aliphatic rings. The first kappa shape index (κ1) is 18.4. The van der Waals surface area contributed by atoms with E-state index in [1.165, 1.54) is 5.56 Å². The minimum Gasteiger partial charge on any atom is -0.454 e. The quantitative estimate of drug-likeness (QED) is 0.793. The van der Waals surface area contributed by atoms with Crippen molar-refractivity contribution in [2.45, 2.75) is 33.2 Å². The van der Waals surface area contributed by atoms with Gasteiger partial charge in [-0.2, -0.15) is 0 Å². The summed E-state index contributed by atoms with van der Waals surface area (Å²) in [5.74, 6) is 2.98. The maximum Gasteiger partial charge on any atom is 0.231 e. The van der Waals surface area contributed by atoms with Crippen LogP contribution in [0.3, 0.4) is 0 Å². The minimum atomic E-state index is 0.191. The molecule has 2 aliphatic heterocycles. The van der Waals surface area contributed by atoms with Crippen molar-refractivity contribution in [3.8, 4) is 11.5 Å². The summed E-state index contributed by atoms with van der Waals surface area (Å²) < 4.78 is 10.9. The highest BCUT2D eigenvalue weighted by Crippen LogP contribution is 2.33. The van der Waals surface area contributed by atoms with Crippen molar-refractivity contribution < 1.29 is 14.3 Å². The summed E-state index contributed by atoms with van der Waals surface area (Å²) in [4.78, 5) is 26.5. The van der Waals surface area contributed by atoms with Gasteiger partial charge in [-0.25, -0.2) is 9.97 Å². The molecule has 7 heteroatoms. The highest BCUT2D eigenvalue weighted by molar-refractivity contribution is 5.99. The third kappa shape index (κ3) is 3.55. The largest absolute Gasteiger partial charge is 0.454 e. The molecule has 0 radical (unpaired) electrons. The lowest BCUT2D eigenvalue weighted by molar-refractivity contribution is 0.0951. The zero-order valence-electron chi connectivity index (χ0n) is 17.0. The van der Waals surface area contributed by atoms with E-state index in [4.69, 9.17) is 14.5 Å². The molecule has 1 aromatic carbocycles. The lowest BCUT2D eigenvalue weighted by Crippen LogP contribution is -2.46. The van der Waals surface area contributed by atoms with Gasteiger partial charge in [0.15, 0.2) is 17.3 Å². The van der Waals surface area contributed by atoms with Crippen molar-refractivity contribution in [3.05, 3.63) is 40.7 Å². The van der Waals surface area contributed by atoms with Gasteiger partial charge in [-0.1, -0.05) is 13.0 Å².